The molecule has 1 aromatic carbocycles. The van der Waals surface area contributed by atoms with Gasteiger partial charge in [0.1, 0.15) is 12.4 Å². The van der Waals surface area contributed by atoms with Gasteiger partial charge in [-0.3, -0.25) is 0 Å². The maximum absolute atomic E-state index is 10.2. The molecule has 18 heavy (non-hydrogen) atoms. The molecule has 0 unspecified atom stereocenters. The molecule has 0 amide bonds. The summed E-state index contributed by atoms with van der Waals surface area (Å²) in [5.74, 6) is 0.808. The van der Waals surface area contributed by atoms with Crippen LogP contribution in [0.25, 0.3) is 0 Å². The minimum absolute atomic E-state index is 0.0954. The molecule has 100 valence electrons. The van der Waals surface area contributed by atoms with E-state index in [1.807, 2.05) is 24.3 Å². The number of rotatable bonds is 5. The van der Waals surface area contributed by atoms with Crippen LogP contribution in [0.1, 0.15) is 50.6 Å². The topological polar surface area (TPSA) is 55.5 Å². The second-order valence-corrected chi connectivity index (χ2v) is 5.30. The Hall–Kier alpha value is -1.06. The lowest BCUT2D eigenvalue weighted by Gasteiger charge is -2.22. The quantitative estimate of drug-likeness (QED) is 0.843. The van der Waals surface area contributed by atoms with E-state index in [2.05, 4.69) is 6.92 Å². The van der Waals surface area contributed by atoms with Crippen molar-refractivity contribution < 1.29 is 9.84 Å². The number of ether oxygens (including phenoxy) is 1. The predicted molar refractivity (Wildman–Crippen MR) is 72.6 cm³/mol. The first kappa shape index (κ1) is 13.4. The van der Waals surface area contributed by atoms with Crippen molar-refractivity contribution in [1.82, 2.24) is 0 Å². The molecule has 0 spiro atoms. The van der Waals surface area contributed by atoms with Crippen LogP contribution in [0.5, 0.6) is 5.75 Å². The number of nitrogens with two attached hydrogens (primary N) is 1. The first-order valence-electron chi connectivity index (χ1n) is 6.84. The summed E-state index contributed by atoms with van der Waals surface area (Å²) in [4.78, 5) is 0. The molecular weight excluding hydrogens is 226 g/mol. The Labute approximate surface area is 109 Å². The van der Waals surface area contributed by atoms with Crippen molar-refractivity contribution in [3.8, 4) is 5.75 Å². The van der Waals surface area contributed by atoms with Crippen molar-refractivity contribution in [2.75, 3.05) is 6.61 Å². The Balaban J connectivity index is 1.90. The summed E-state index contributed by atoms with van der Waals surface area (Å²) in [7, 11) is 0. The number of aliphatic hydroxyl groups is 1. The van der Waals surface area contributed by atoms with Crippen LogP contribution in [-0.2, 0) is 0 Å². The van der Waals surface area contributed by atoms with E-state index in [-0.39, 0.29) is 6.04 Å². The van der Waals surface area contributed by atoms with Crippen molar-refractivity contribution >= 4 is 0 Å². The lowest BCUT2D eigenvalue weighted by molar-refractivity contribution is 0.00140. The molecule has 1 fully saturated rings. The summed E-state index contributed by atoms with van der Waals surface area (Å²) in [5.41, 5.74) is 6.47. The summed E-state index contributed by atoms with van der Waals surface area (Å²) < 4.78 is 5.67. The average Bonchev–Trinajstić information content (AvgIpc) is 2.83. The number of hydrogen-bond donors (Lipinski definition) is 2. The van der Waals surface area contributed by atoms with E-state index in [0.717, 1.165) is 43.4 Å². The summed E-state index contributed by atoms with van der Waals surface area (Å²) in [6.45, 7) is 2.47. The van der Waals surface area contributed by atoms with Crippen LogP contribution in [0.4, 0.5) is 0 Å². The highest BCUT2D eigenvalue weighted by Gasteiger charge is 2.31. The lowest BCUT2D eigenvalue weighted by Crippen LogP contribution is -2.32. The fraction of sp³-hybridized carbons (Fsp3) is 0.600. The van der Waals surface area contributed by atoms with Gasteiger partial charge in [-0.05, 0) is 37.0 Å². The van der Waals surface area contributed by atoms with E-state index in [9.17, 15) is 5.11 Å². The minimum Gasteiger partial charge on any atom is -0.491 e. The SMILES string of the molecule is CC[C@@H](N)c1ccc(OCC2(O)CCCC2)cc1. The molecule has 3 N–H and O–H groups in total. The predicted octanol–water partition coefficient (Wildman–Crippen LogP) is 2.78. The highest BCUT2D eigenvalue weighted by Crippen LogP contribution is 2.30. The van der Waals surface area contributed by atoms with E-state index < -0.39 is 5.60 Å². The highest BCUT2D eigenvalue weighted by molar-refractivity contribution is 5.29. The van der Waals surface area contributed by atoms with Crippen LogP contribution < -0.4 is 10.5 Å². The van der Waals surface area contributed by atoms with E-state index in [4.69, 9.17) is 10.5 Å². The fourth-order valence-electron chi connectivity index (χ4n) is 2.44. The van der Waals surface area contributed by atoms with Crippen LogP contribution in [0, 0.1) is 0 Å². The van der Waals surface area contributed by atoms with Gasteiger partial charge in [0.05, 0.1) is 5.60 Å². The van der Waals surface area contributed by atoms with Crippen LogP contribution >= 0.6 is 0 Å². The van der Waals surface area contributed by atoms with Gasteiger partial charge in [-0.2, -0.15) is 0 Å². The molecule has 0 heterocycles. The smallest absolute Gasteiger partial charge is 0.119 e. The zero-order valence-electron chi connectivity index (χ0n) is 11.1. The van der Waals surface area contributed by atoms with E-state index in [1.54, 1.807) is 0 Å². The van der Waals surface area contributed by atoms with Gasteiger partial charge in [0.25, 0.3) is 0 Å². The van der Waals surface area contributed by atoms with Crippen LogP contribution in [0.3, 0.4) is 0 Å². The third kappa shape index (κ3) is 3.24. The zero-order chi connectivity index (χ0) is 13.0. The molecule has 1 aliphatic rings. The summed E-state index contributed by atoms with van der Waals surface area (Å²) in [6.07, 6.45) is 4.84. The average molecular weight is 249 g/mol. The van der Waals surface area contributed by atoms with Gasteiger partial charge < -0.3 is 15.6 Å². The Kier molecular flexibility index (Phi) is 4.25. The van der Waals surface area contributed by atoms with Crippen LogP contribution in [-0.4, -0.2) is 17.3 Å². The van der Waals surface area contributed by atoms with E-state index in [1.165, 1.54) is 0 Å². The van der Waals surface area contributed by atoms with Gasteiger partial charge in [0.15, 0.2) is 0 Å². The van der Waals surface area contributed by atoms with Crippen molar-refractivity contribution in [3.63, 3.8) is 0 Å². The van der Waals surface area contributed by atoms with Crippen molar-refractivity contribution in [2.45, 2.75) is 50.7 Å². The van der Waals surface area contributed by atoms with Crippen LogP contribution in [0.15, 0.2) is 24.3 Å². The highest BCUT2D eigenvalue weighted by atomic mass is 16.5. The Morgan fingerprint density at radius 1 is 1.28 bits per heavy atom. The maximum Gasteiger partial charge on any atom is 0.119 e. The largest absolute Gasteiger partial charge is 0.491 e. The summed E-state index contributed by atoms with van der Waals surface area (Å²) in [6, 6.07) is 7.97. The first-order chi connectivity index (χ1) is 8.63. The second-order valence-electron chi connectivity index (χ2n) is 5.30. The van der Waals surface area contributed by atoms with Gasteiger partial charge in [-0.25, -0.2) is 0 Å². The Morgan fingerprint density at radius 3 is 2.44 bits per heavy atom. The maximum atomic E-state index is 10.2. The molecule has 1 aromatic rings. The lowest BCUT2D eigenvalue weighted by atomic mass is 10.0. The molecule has 3 nitrogen and oxygen atoms in total. The fourth-order valence-corrected chi connectivity index (χ4v) is 2.44. The monoisotopic (exact) mass is 249 g/mol. The van der Waals surface area contributed by atoms with Crippen molar-refractivity contribution in [1.29, 1.82) is 0 Å². The van der Waals surface area contributed by atoms with Gasteiger partial charge in [-0.15, -0.1) is 0 Å². The molecule has 0 bridgehead atoms. The molecular formula is C15H23NO2. The Morgan fingerprint density at radius 2 is 1.89 bits per heavy atom. The summed E-state index contributed by atoms with van der Waals surface area (Å²) in [5, 5.41) is 10.2. The third-order valence-corrected chi connectivity index (χ3v) is 3.79. The van der Waals surface area contributed by atoms with Crippen molar-refractivity contribution in [3.05, 3.63) is 29.8 Å². The number of benzene rings is 1. The standard InChI is InChI=1S/C15H23NO2/c1-2-14(16)12-5-7-13(8-6-12)18-11-15(17)9-3-4-10-15/h5-8,14,17H,2-4,9-11,16H2,1H3/t14-/m1/s1. The molecule has 2 rings (SSSR count). The molecule has 1 saturated carbocycles. The van der Waals surface area contributed by atoms with E-state index in [0.29, 0.717) is 6.61 Å². The molecule has 0 aromatic heterocycles. The van der Waals surface area contributed by atoms with Gasteiger partial charge >= 0.3 is 0 Å². The second kappa shape index (κ2) is 5.72. The summed E-state index contributed by atoms with van der Waals surface area (Å²) >= 11 is 0. The van der Waals surface area contributed by atoms with E-state index >= 15 is 0 Å². The zero-order valence-corrected chi connectivity index (χ0v) is 11.1. The van der Waals surface area contributed by atoms with Gasteiger partial charge in [-0.1, -0.05) is 31.9 Å². The molecule has 1 atom stereocenters. The van der Waals surface area contributed by atoms with Gasteiger partial charge in [0.2, 0.25) is 0 Å². The minimum atomic E-state index is -0.613. The number of hydrogen-bond acceptors (Lipinski definition) is 3. The normalized spacial score (nSPS) is 19.7. The Bertz CT molecular complexity index is 369. The van der Waals surface area contributed by atoms with Gasteiger partial charge in [0, 0.05) is 6.04 Å². The molecule has 0 radical (unpaired) electrons. The first-order valence-corrected chi connectivity index (χ1v) is 6.84. The molecule has 1 aliphatic carbocycles. The molecule has 0 aliphatic heterocycles. The molecule has 3 heteroatoms. The van der Waals surface area contributed by atoms with Crippen LogP contribution in [0.2, 0.25) is 0 Å². The van der Waals surface area contributed by atoms with Crippen molar-refractivity contribution in [2.24, 2.45) is 5.73 Å². The third-order valence-electron chi connectivity index (χ3n) is 3.79. The molecule has 0 saturated heterocycles.